The van der Waals surface area contributed by atoms with Gasteiger partial charge in [-0.3, -0.25) is 9.78 Å². The average Bonchev–Trinajstić information content (AvgIpc) is 2.95. The van der Waals surface area contributed by atoms with Gasteiger partial charge in [-0.2, -0.15) is 0 Å². The molecule has 0 fully saturated rings. The second-order valence-corrected chi connectivity index (χ2v) is 4.86. The molecule has 0 unspecified atom stereocenters. The van der Waals surface area contributed by atoms with Crippen LogP contribution in [0.3, 0.4) is 0 Å². The van der Waals surface area contributed by atoms with Crippen molar-refractivity contribution >= 4 is 22.8 Å². The van der Waals surface area contributed by atoms with Gasteiger partial charge in [-0.25, -0.2) is 9.97 Å². The molecule has 0 spiro atoms. The zero-order valence-electron chi connectivity index (χ0n) is 11.9. The van der Waals surface area contributed by atoms with E-state index in [9.17, 15) is 4.79 Å². The second-order valence-electron chi connectivity index (χ2n) is 4.86. The third kappa shape index (κ3) is 3.03. The lowest BCUT2D eigenvalue weighted by atomic mass is 10.3. The Morgan fingerprint density at radius 2 is 2.14 bits per heavy atom. The summed E-state index contributed by atoms with van der Waals surface area (Å²) >= 11 is 0. The maximum absolute atomic E-state index is 11.0. The summed E-state index contributed by atoms with van der Waals surface area (Å²) in [6.45, 7) is 1.56. The quantitative estimate of drug-likeness (QED) is 0.670. The largest absolute Gasteiger partial charge is 0.369 e. The Bertz CT molecular complexity index is 797. The summed E-state index contributed by atoms with van der Waals surface area (Å²) in [5.74, 6) is -0.0344. The Morgan fingerprint density at radius 3 is 3.00 bits per heavy atom. The number of fused-ring (bicyclic) bond motifs is 1. The van der Waals surface area contributed by atoms with E-state index in [2.05, 4.69) is 30.9 Å². The minimum atomic E-state index is -0.582. The number of amides is 1. The molecule has 0 saturated carbocycles. The Morgan fingerprint density at radius 1 is 1.27 bits per heavy atom. The van der Waals surface area contributed by atoms with E-state index in [0.29, 0.717) is 12.4 Å². The molecule has 2 heterocycles. The average molecular weight is 296 g/mol. The molecule has 3 rings (SSSR count). The molecular weight excluding hydrogens is 280 g/mol. The van der Waals surface area contributed by atoms with Gasteiger partial charge in [0.15, 0.2) is 0 Å². The van der Waals surface area contributed by atoms with E-state index in [1.165, 1.54) is 6.20 Å². The first-order valence-electron chi connectivity index (χ1n) is 6.99. The molecule has 0 aliphatic heterocycles. The first-order valence-corrected chi connectivity index (χ1v) is 6.99. The monoisotopic (exact) mass is 296 g/mol. The van der Waals surface area contributed by atoms with E-state index in [4.69, 9.17) is 5.73 Å². The van der Waals surface area contributed by atoms with Crippen LogP contribution < -0.4 is 11.1 Å². The van der Waals surface area contributed by atoms with Crippen LogP contribution in [0.1, 0.15) is 16.9 Å². The van der Waals surface area contributed by atoms with Crippen LogP contribution in [-0.2, 0) is 6.54 Å². The predicted molar refractivity (Wildman–Crippen MR) is 83.4 cm³/mol. The number of anilines is 1. The maximum Gasteiger partial charge on any atom is 0.268 e. The molecule has 22 heavy (non-hydrogen) atoms. The van der Waals surface area contributed by atoms with Crippen LogP contribution in [0.2, 0.25) is 0 Å². The highest BCUT2D eigenvalue weighted by molar-refractivity contribution is 5.90. The minimum Gasteiger partial charge on any atom is -0.369 e. The Labute approximate surface area is 127 Å². The van der Waals surface area contributed by atoms with E-state index in [1.54, 1.807) is 6.20 Å². The number of nitrogens with zero attached hydrogens (tertiary/aromatic N) is 4. The van der Waals surface area contributed by atoms with Gasteiger partial charge in [-0.15, -0.1) is 0 Å². The second kappa shape index (κ2) is 6.21. The van der Waals surface area contributed by atoms with Crippen molar-refractivity contribution in [2.45, 2.75) is 13.0 Å². The SMILES string of the molecule is NC(=O)c1cncc(NCCCn2cnc3ccccc32)n1. The van der Waals surface area contributed by atoms with Crippen molar-refractivity contribution in [3.8, 4) is 0 Å². The van der Waals surface area contributed by atoms with E-state index in [0.717, 1.165) is 24.0 Å². The first kappa shape index (κ1) is 14.0. The lowest BCUT2D eigenvalue weighted by Crippen LogP contribution is -2.15. The smallest absolute Gasteiger partial charge is 0.268 e. The number of nitrogens with two attached hydrogens (primary N) is 1. The van der Waals surface area contributed by atoms with E-state index in [-0.39, 0.29) is 5.69 Å². The number of aromatic nitrogens is 4. The number of hydrogen-bond acceptors (Lipinski definition) is 5. The van der Waals surface area contributed by atoms with Gasteiger partial charge in [0.1, 0.15) is 11.5 Å². The zero-order chi connectivity index (χ0) is 15.4. The number of carbonyl (C=O) groups excluding carboxylic acids is 1. The number of nitrogens with one attached hydrogen (secondary N) is 1. The number of primary amides is 1. The molecule has 2 aromatic heterocycles. The van der Waals surface area contributed by atoms with Gasteiger partial charge >= 0.3 is 0 Å². The molecule has 1 aromatic carbocycles. The van der Waals surface area contributed by atoms with Crippen LogP contribution in [0.5, 0.6) is 0 Å². The fourth-order valence-corrected chi connectivity index (χ4v) is 2.22. The van der Waals surface area contributed by atoms with Crippen molar-refractivity contribution < 1.29 is 4.79 Å². The van der Waals surface area contributed by atoms with Crippen LogP contribution in [0.4, 0.5) is 5.82 Å². The van der Waals surface area contributed by atoms with Crippen molar-refractivity contribution in [1.29, 1.82) is 0 Å². The number of aryl methyl sites for hydroxylation is 1. The van der Waals surface area contributed by atoms with Gasteiger partial charge < -0.3 is 15.6 Å². The summed E-state index contributed by atoms with van der Waals surface area (Å²) in [5, 5.41) is 3.14. The molecule has 0 atom stereocenters. The Hall–Kier alpha value is -2.96. The maximum atomic E-state index is 11.0. The van der Waals surface area contributed by atoms with Crippen LogP contribution in [0, 0.1) is 0 Å². The molecular formula is C15H16N6O. The van der Waals surface area contributed by atoms with E-state index in [1.807, 2.05) is 24.5 Å². The van der Waals surface area contributed by atoms with Crippen LogP contribution in [-0.4, -0.2) is 32.0 Å². The summed E-state index contributed by atoms with van der Waals surface area (Å²) in [4.78, 5) is 23.4. The molecule has 1 amide bonds. The highest BCUT2D eigenvalue weighted by atomic mass is 16.1. The number of carbonyl (C=O) groups is 1. The van der Waals surface area contributed by atoms with Gasteiger partial charge in [0.25, 0.3) is 5.91 Å². The van der Waals surface area contributed by atoms with Crippen molar-refractivity contribution in [1.82, 2.24) is 19.5 Å². The van der Waals surface area contributed by atoms with Gasteiger partial charge in [0.05, 0.1) is 29.8 Å². The third-order valence-corrected chi connectivity index (χ3v) is 3.30. The van der Waals surface area contributed by atoms with Gasteiger partial charge in [0, 0.05) is 13.1 Å². The van der Waals surface area contributed by atoms with Crippen LogP contribution in [0.15, 0.2) is 43.0 Å². The fraction of sp³-hybridized carbons (Fsp3) is 0.200. The molecule has 0 bridgehead atoms. The standard InChI is InChI=1S/C15H16N6O/c16-15(22)12-8-17-9-14(20-12)18-6-3-7-21-10-19-11-4-1-2-5-13(11)21/h1-2,4-5,8-10H,3,6-7H2,(H2,16,22)(H,18,20). The van der Waals surface area contributed by atoms with E-state index >= 15 is 0 Å². The van der Waals surface area contributed by atoms with Gasteiger partial charge in [-0.05, 0) is 18.6 Å². The number of benzene rings is 1. The van der Waals surface area contributed by atoms with Crippen molar-refractivity contribution in [3.05, 3.63) is 48.7 Å². The highest BCUT2D eigenvalue weighted by Gasteiger charge is 2.04. The highest BCUT2D eigenvalue weighted by Crippen LogP contribution is 2.12. The summed E-state index contributed by atoms with van der Waals surface area (Å²) < 4.78 is 2.11. The summed E-state index contributed by atoms with van der Waals surface area (Å²) in [5.41, 5.74) is 7.45. The molecule has 0 saturated heterocycles. The summed E-state index contributed by atoms with van der Waals surface area (Å²) in [6, 6.07) is 8.03. The molecule has 7 heteroatoms. The van der Waals surface area contributed by atoms with Crippen LogP contribution >= 0.6 is 0 Å². The van der Waals surface area contributed by atoms with Crippen molar-refractivity contribution in [3.63, 3.8) is 0 Å². The lowest BCUT2D eigenvalue weighted by Gasteiger charge is -2.07. The normalized spacial score (nSPS) is 10.7. The van der Waals surface area contributed by atoms with Gasteiger partial charge in [0.2, 0.25) is 0 Å². The Balaban J connectivity index is 1.55. The number of imidazole rings is 1. The van der Waals surface area contributed by atoms with Crippen molar-refractivity contribution in [2.24, 2.45) is 5.73 Å². The van der Waals surface area contributed by atoms with Gasteiger partial charge in [-0.1, -0.05) is 12.1 Å². The third-order valence-electron chi connectivity index (χ3n) is 3.30. The summed E-state index contributed by atoms with van der Waals surface area (Å²) in [7, 11) is 0. The molecule has 0 aliphatic rings. The lowest BCUT2D eigenvalue weighted by molar-refractivity contribution is 0.0995. The molecule has 0 aliphatic carbocycles. The molecule has 112 valence electrons. The molecule has 7 nitrogen and oxygen atoms in total. The van der Waals surface area contributed by atoms with Crippen molar-refractivity contribution in [2.75, 3.05) is 11.9 Å². The fourth-order valence-electron chi connectivity index (χ4n) is 2.22. The zero-order valence-corrected chi connectivity index (χ0v) is 11.9. The minimum absolute atomic E-state index is 0.158. The molecule has 0 radical (unpaired) electrons. The van der Waals surface area contributed by atoms with Crippen LogP contribution in [0.25, 0.3) is 11.0 Å². The first-order chi connectivity index (χ1) is 10.7. The topological polar surface area (TPSA) is 98.7 Å². The molecule has 3 aromatic rings. The number of para-hydroxylation sites is 2. The predicted octanol–water partition coefficient (Wildman–Crippen LogP) is 1.43. The summed E-state index contributed by atoms with van der Waals surface area (Å²) in [6.07, 6.45) is 5.66. The number of rotatable bonds is 6. The number of hydrogen-bond donors (Lipinski definition) is 2. The van der Waals surface area contributed by atoms with E-state index < -0.39 is 5.91 Å². The Kier molecular flexibility index (Phi) is 3.95. The molecule has 3 N–H and O–H groups in total.